The molecule has 0 saturated carbocycles. The van der Waals surface area contributed by atoms with E-state index in [1.54, 1.807) is 17.9 Å². The van der Waals surface area contributed by atoms with Gasteiger partial charge in [-0.25, -0.2) is 8.42 Å². The number of hydrogen-bond donors (Lipinski definition) is 1. The lowest BCUT2D eigenvalue weighted by Gasteiger charge is -2.30. The summed E-state index contributed by atoms with van der Waals surface area (Å²) in [6.45, 7) is 10.0. The van der Waals surface area contributed by atoms with E-state index in [0.717, 1.165) is 23.1 Å². The fourth-order valence-corrected chi connectivity index (χ4v) is 4.80. The van der Waals surface area contributed by atoms with E-state index in [1.807, 2.05) is 70.2 Å². The summed E-state index contributed by atoms with van der Waals surface area (Å²) in [5.74, 6) is -0.381. The highest BCUT2D eigenvalue weighted by Gasteiger charge is 2.27. The maximum Gasteiger partial charge on any atom is 0.242 e. The molecule has 35 heavy (non-hydrogen) atoms. The SMILES string of the molecule is CCC(C)NC(=O)C(C)N(Cc1cccc(C)c1)C(=O)CCCN(c1cccc(C)c1)S(C)(=O)=O. The van der Waals surface area contributed by atoms with Crippen molar-refractivity contribution in [3.05, 3.63) is 65.2 Å². The zero-order valence-electron chi connectivity index (χ0n) is 21.7. The van der Waals surface area contributed by atoms with Gasteiger partial charge in [0, 0.05) is 25.6 Å². The van der Waals surface area contributed by atoms with Gasteiger partial charge in [0.15, 0.2) is 0 Å². The van der Waals surface area contributed by atoms with E-state index >= 15 is 0 Å². The monoisotopic (exact) mass is 501 g/mol. The zero-order valence-corrected chi connectivity index (χ0v) is 22.6. The Morgan fingerprint density at radius 1 is 1.00 bits per heavy atom. The molecule has 0 saturated heterocycles. The van der Waals surface area contributed by atoms with E-state index in [-0.39, 0.29) is 30.8 Å². The fraction of sp³-hybridized carbons (Fsp3) is 0.481. The maximum atomic E-state index is 13.3. The van der Waals surface area contributed by atoms with Crippen LogP contribution in [0.2, 0.25) is 0 Å². The number of benzene rings is 2. The number of hydrogen-bond acceptors (Lipinski definition) is 4. The summed E-state index contributed by atoms with van der Waals surface area (Å²) in [7, 11) is -3.51. The molecule has 0 bridgehead atoms. The number of carbonyl (C=O) groups excluding carboxylic acids is 2. The Hall–Kier alpha value is -2.87. The lowest BCUT2D eigenvalue weighted by Crippen LogP contribution is -2.49. The molecule has 192 valence electrons. The molecule has 2 aromatic carbocycles. The minimum atomic E-state index is -3.51. The molecule has 0 aliphatic rings. The molecule has 2 rings (SSSR count). The average Bonchev–Trinajstić information content (AvgIpc) is 2.78. The van der Waals surface area contributed by atoms with Crippen LogP contribution < -0.4 is 9.62 Å². The summed E-state index contributed by atoms with van der Waals surface area (Å²) in [6.07, 6.45) is 2.43. The van der Waals surface area contributed by atoms with Crippen LogP contribution >= 0.6 is 0 Å². The summed E-state index contributed by atoms with van der Waals surface area (Å²) in [6, 6.07) is 14.5. The number of aryl methyl sites for hydroxylation is 2. The van der Waals surface area contributed by atoms with Crippen molar-refractivity contribution in [1.82, 2.24) is 10.2 Å². The largest absolute Gasteiger partial charge is 0.352 e. The minimum absolute atomic E-state index is 0.0125. The molecule has 2 amide bonds. The number of rotatable bonds is 12. The highest BCUT2D eigenvalue weighted by Crippen LogP contribution is 2.20. The Morgan fingerprint density at radius 2 is 1.63 bits per heavy atom. The van der Waals surface area contributed by atoms with Crippen molar-refractivity contribution in [3.63, 3.8) is 0 Å². The van der Waals surface area contributed by atoms with Gasteiger partial charge in [-0.2, -0.15) is 0 Å². The molecule has 0 radical (unpaired) electrons. The Bertz CT molecular complexity index is 1120. The van der Waals surface area contributed by atoms with Gasteiger partial charge in [-0.1, -0.05) is 48.9 Å². The van der Waals surface area contributed by atoms with Crippen LogP contribution in [0.3, 0.4) is 0 Å². The molecule has 0 aliphatic heterocycles. The summed E-state index contributed by atoms with van der Waals surface area (Å²) in [4.78, 5) is 27.8. The van der Waals surface area contributed by atoms with E-state index in [1.165, 1.54) is 10.6 Å². The van der Waals surface area contributed by atoms with Crippen LogP contribution in [0.25, 0.3) is 0 Å². The second kappa shape index (κ2) is 12.7. The topological polar surface area (TPSA) is 86.8 Å². The first-order valence-electron chi connectivity index (χ1n) is 12.1. The summed E-state index contributed by atoms with van der Waals surface area (Å²) in [5.41, 5.74) is 3.56. The molecule has 0 heterocycles. The number of anilines is 1. The normalized spacial score (nSPS) is 13.1. The van der Waals surface area contributed by atoms with Crippen molar-refractivity contribution >= 4 is 27.5 Å². The van der Waals surface area contributed by atoms with Crippen LogP contribution in [0, 0.1) is 13.8 Å². The third-order valence-corrected chi connectivity index (χ3v) is 7.24. The third-order valence-electron chi connectivity index (χ3n) is 6.05. The van der Waals surface area contributed by atoms with Crippen molar-refractivity contribution in [2.75, 3.05) is 17.1 Å². The number of nitrogens with zero attached hydrogens (tertiary/aromatic N) is 2. The standard InChI is InChI=1S/C27H39N3O4S/c1-7-22(4)28-27(32)23(5)29(19-24-13-8-11-20(2)17-24)26(31)15-10-16-30(35(6,33)34)25-14-9-12-21(3)18-25/h8-9,11-14,17-18,22-23H,7,10,15-16,19H2,1-6H3,(H,28,32). The zero-order chi connectivity index (χ0) is 26.2. The Morgan fingerprint density at radius 3 is 2.20 bits per heavy atom. The fourth-order valence-electron chi connectivity index (χ4n) is 3.84. The molecule has 0 aliphatic carbocycles. The molecule has 2 aromatic rings. The third kappa shape index (κ3) is 8.69. The minimum Gasteiger partial charge on any atom is -0.352 e. The van der Waals surface area contributed by atoms with Gasteiger partial charge in [0.2, 0.25) is 21.8 Å². The molecule has 7 nitrogen and oxygen atoms in total. The van der Waals surface area contributed by atoms with Crippen LogP contribution in [0.1, 0.15) is 56.7 Å². The summed E-state index contributed by atoms with van der Waals surface area (Å²) < 4.78 is 26.2. The van der Waals surface area contributed by atoms with Crippen molar-refractivity contribution in [2.24, 2.45) is 0 Å². The summed E-state index contributed by atoms with van der Waals surface area (Å²) >= 11 is 0. The van der Waals surface area contributed by atoms with E-state index in [0.29, 0.717) is 18.7 Å². The smallest absolute Gasteiger partial charge is 0.242 e. The van der Waals surface area contributed by atoms with Gasteiger partial charge >= 0.3 is 0 Å². The molecule has 2 atom stereocenters. The summed E-state index contributed by atoms with van der Waals surface area (Å²) in [5, 5.41) is 2.96. The highest BCUT2D eigenvalue weighted by molar-refractivity contribution is 7.92. The Labute approximate surface area is 210 Å². The van der Waals surface area contributed by atoms with Crippen LogP contribution in [0.15, 0.2) is 48.5 Å². The number of carbonyl (C=O) groups is 2. The first kappa shape index (κ1) is 28.4. The first-order chi connectivity index (χ1) is 16.4. The van der Waals surface area contributed by atoms with Gasteiger partial charge in [0.25, 0.3) is 0 Å². The Kier molecular flexibility index (Phi) is 10.3. The van der Waals surface area contributed by atoms with Gasteiger partial charge in [0.05, 0.1) is 11.9 Å². The lowest BCUT2D eigenvalue weighted by atomic mass is 10.1. The second-order valence-corrected chi connectivity index (χ2v) is 11.2. The van der Waals surface area contributed by atoms with Gasteiger partial charge in [0.1, 0.15) is 6.04 Å². The van der Waals surface area contributed by atoms with Crippen molar-refractivity contribution in [3.8, 4) is 0 Å². The predicted octanol–water partition coefficient (Wildman–Crippen LogP) is 4.18. The van der Waals surface area contributed by atoms with Gasteiger partial charge in [-0.3, -0.25) is 13.9 Å². The molecular weight excluding hydrogens is 462 g/mol. The van der Waals surface area contributed by atoms with E-state index < -0.39 is 16.1 Å². The maximum absolute atomic E-state index is 13.3. The number of sulfonamides is 1. The molecule has 0 aromatic heterocycles. The van der Waals surface area contributed by atoms with E-state index in [9.17, 15) is 18.0 Å². The van der Waals surface area contributed by atoms with Crippen LogP contribution in [0.4, 0.5) is 5.69 Å². The molecular formula is C27H39N3O4S. The molecule has 0 spiro atoms. The van der Waals surface area contributed by atoms with E-state index in [4.69, 9.17) is 0 Å². The number of nitrogens with one attached hydrogen (secondary N) is 1. The average molecular weight is 502 g/mol. The molecule has 2 unspecified atom stereocenters. The number of amides is 2. The first-order valence-corrected chi connectivity index (χ1v) is 14.0. The van der Waals surface area contributed by atoms with Gasteiger partial charge in [-0.05, 0) is 63.8 Å². The van der Waals surface area contributed by atoms with Gasteiger partial charge in [-0.15, -0.1) is 0 Å². The van der Waals surface area contributed by atoms with Crippen LogP contribution in [-0.2, 0) is 26.2 Å². The van der Waals surface area contributed by atoms with Gasteiger partial charge < -0.3 is 10.2 Å². The molecule has 1 N–H and O–H groups in total. The predicted molar refractivity (Wildman–Crippen MR) is 142 cm³/mol. The van der Waals surface area contributed by atoms with Crippen LogP contribution in [0.5, 0.6) is 0 Å². The quantitative estimate of drug-likeness (QED) is 0.473. The molecule has 0 fully saturated rings. The van der Waals surface area contributed by atoms with Crippen molar-refractivity contribution in [1.29, 1.82) is 0 Å². The molecule has 8 heteroatoms. The Balaban J connectivity index is 2.17. The lowest BCUT2D eigenvalue weighted by molar-refractivity contribution is -0.140. The van der Waals surface area contributed by atoms with Crippen LogP contribution in [-0.4, -0.2) is 50.0 Å². The highest BCUT2D eigenvalue weighted by atomic mass is 32.2. The van der Waals surface area contributed by atoms with Crippen molar-refractivity contribution < 1.29 is 18.0 Å². The van der Waals surface area contributed by atoms with Crippen molar-refractivity contribution in [2.45, 2.75) is 72.5 Å². The van der Waals surface area contributed by atoms with E-state index in [2.05, 4.69) is 5.32 Å². The second-order valence-electron chi connectivity index (χ2n) is 9.28.